The second-order valence-corrected chi connectivity index (χ2v) is 5.45. The molecule has 1 heterocycles. The van der Waals surface area contributed by atoms with Crippen LogP contribution in [0.4, 0.5) is 0 Å². The minimum atomic E-state index is -0.370. The molecule has 20 heavy (non-hydrogen) atoms. The van der Waals surface area contributed by atoms with Crippen LogP contribution in [0.15, 0.2) is 18.2 Å². The fourth-order valence-electron chi connectivity index (χ4n) is 2.39. The summed E-state index contributed by atoms with van der Waals surface area (Å²) in [6.07, 6.45) is 1.01. The number of amides is 2. The van der Waals surface area contributed by atoms with Gasteiger partial charge in [-0.2, -0.15) is 0 Å². The second-order valence-electron chi connectivity index (χ2n) is 4.66. The van der Waals surface area contributed by atoms with E-state index in [1.807, 2.05) is 13.0 Å². The van der Waals surface area contributed by atoms with Gasteiger partial charge in [0.1, 0.15) is 6.04 Å². The Morgan fingerprint density at radius 2 is 2.20 bits per heavy atom. The van der Waals surface area contributed by atoms with Gasteiger partial charge in [-0.25, -0.2) is 0 Å². The number of likely N-dealkylation sites (N-methyl/N-ethyl adjacent to an activating group) is 1. The first kappa shape index (κ1) is 15.1. The molecule has 1 unspecified atom stereocenters. The Morgan fingerprint density at radius 1 is 1.45 bits per heavy atom. The summed E-state index contributed by atoms with van der Waals surface area (Å²) in [6, 6.07) is 4.92. The highest BCUT2D eigenvalue weighted by molar-refractivity contribution is 6.42. The lowest BCUT2D eigenvalue weighted by molar-refractivity contribution is -0.135. The van der Waals surface area contributed by atoms with Gasteiger partial charge < -0.3 is 10.2 Å². The normalized spacial score (nSPS) is 18.4. The van der Waals surface area contributed by atoms with Crippen LogP contribution in [0.25, 0.3) is 0 Å². The van der Waals surface area contributed by atoms with Crippen molar-refractivity contribution >= 4 is 35.0 Å². The highest BCUT2D eigenvalue weighted by Gasteiger charge is 2.34. The number of carbonyl (C=O) groups is 2. The van der Waals surface area contributed by atoms with Gasteiger partial charge in [0.05, 0.1) is 10.0 Å². The smallest absolute Gasteiger partial charge is 0.243 e. The first-order chi connectivity index (χ1) is 9.54. The molecule has 1 aromatic carbocycles. The van der Waals surface area contributed by atoms with Crippen molar-refractivity contribution in [2.45, 2.75) is 32.4 Å². The zero-order valence-corrected chi connectivity index (χ0v) is 12.7. The summed E-state index contributed by atoms with van der Waals surface area (Å²) < 4.78 is 0. The van der Waals surface area contributed by atoms with E-state index in [9.17, 15) is 9.59 Å². The zero-order chi connectivity index (χ0) is 14.7. The van der Waals surface area contributed by atoms with Crippen LogP contribution >= 0.6 is 23.2 Å². The third-order valence-corrected chi connectivity index (χ3v) is 4.31. The molecule has 0 bridgehead atoms. The van der Waals surface area contributed by atoms with E-state index < -0.39 is 0 Å². The maximum absolute atomic E-state index is 12.1. The Hall–Kier alpha value is -1.26. The van der Waals surface area contributed by atoms with Crippen LogP contribution in [-0.2, 0) is 16.1 Å². The Balaban J connectivity index is 1.99. The molecule has 0 saturated carbocycles. The number of likely N-dealkylation sites (tertiary alicyclic amines) is 1. The fraction of sp³-hybridized carbons (Fsp3) is 0.429. The standard InChI is InChI=1S/C14H16Cl2N2O2/c1-2-18-11(6-7-12(18)19)14(20)17-8-9-4-3-5-10(15)13(9)16/h3-5,11H,2,6-8H2,1H3,(H,17,20). The van der Waals surface area contributed by atoms with Crippen molar-refractivity contribution in [2.24, 2.45) is 0 Å². The SMILES string of the molecule is CCN1C(=O)CCC1C(=O)NCc1cccc(Cl)c1Cl. The molecule has 1 saturated heterocycles. The molecule has 1 aliphatic heterocycles. The van der Waals surface area contributed by atoms with Crippen molar-refractivity contribution in [2.75, 3.05) is 6.54 Å². The minimum Gasteiger partial charge on any atom is -0.350 e. The average Bonchev–Trinajstić information content (AvgIpc) is 2.81. The minimum absolute atomic E-state index is 0.0356. The van der Waals surface area contributed by atoms with Gasteiger partial charge in [-0.15, -0.1) is 0 Å². The first-order valence-corrected chi connectivity index (χ1v) is 7.30. The van der Waals surface area contributed by atoms with E-state index in [-0.39, 0.29) is 17.9 Å². The van der Waals surface area contributed by atoms with Crippen molar-refractivity contribution in [1.82, 2.24) is 10.2 Å². The van der Waals surface area contributed by atoms with E-state index >= 15 is 0 Å². The van der Waals surface area contributed by atoms with Gasteiger partial charge in [0.15, 0.2) is 0 Å². The van der Waals surface area contributed by atoms with E-state index in [4.69, 9.17) is 23.2 Å². The van der Waals surface area contributed by atoms with Crippen LogP contribution < -0.4 is 5.32 Å². The molecule has 1 aliphatic rings. The molecule has 2 amide bonds. The highest BCUT2D eigenvalue weighted by atomic mass is 35.5. The molecule has 1 N–H and O–H groups in total. The lowest BCUT2D eigenvalue weighted by Crippen LogP contribution is -2.44. The average molecular weight is 315 g/mol. The van der Waals surface area contributed by atoms with Crippen molar-refractivity contribution < 1.29 is 9.59 Å². The molecule has 6 heteroatoms. The number of nitrogens with one attached hydrogen (secondary N) is 1. The maximum Gasteiger partial charge on any atom is 0.243 e. The van der Waals surface area contributed by atoms with E-state index in [0.29, 0.717) is 36.0 Å². The number of hydrogen-bond acceptors (Lipinski definition) is 2. The van der Waals surface area contributed by atoms with Gasteiger partial charge in [0.2, 0.25) is 11.8 Å². The monoisotopic (exact) mass is 314 g/mol. The lowest BCUT2D eigenvalue weighted by Gasteiger charge is -2.22. The van der Waals surface area contributed by atoms with Crippen molar-refractivity contribution in [1.29, 1.82) is 0 Å². The van der Waals surface area contributed by atoms with Gasteiger partial charge >= 0.3 is 0 Å². The number of hydrogen-bond donors (Lipinski definition) is 1. The molecule has 0 radical (unpaired) electrons. The largest absolute Gasteiger partial charge is 0.350 e. The van der Waals surface area contributed by atoms with Crippen LogP contribution in [0.2, 0.25) is 10.0 Å². The predicted molar refractivity (Wildman–Crippen MR) is 78.7 cm³/mol. The molecular weight excluding hydrogens is 299 g/mol. The fourth-order valence-corrected chi connectivity index (χ4v) is 2.77. The summed E-state index contributed by atoms with van der Waals surface area (Å²) in [7, 11) is 0. The summed E-state index contributed by atoms with van der Waals surface area (Å²) in [6.45, 7) is 2.73. The summed E-state index contributed by atoms with van der Waals surface area (Å²) >= 11 is 12.0. The van der Waals surface area contributed by atoms with Gasteiger partial charge in [0, 0.05) is 19.5 Å². The molecule has 1 fully saturated rings. The van der Waals surface area contributed by atoms with E-state index in [1.165, 1.54) is 0 Å². The Bertz CT molecular complexity index is 534. The third kappa shape index (κ3) is 3.07. The lowest BCUT2D eigenvalue weighted by atomic mass is 10.2. The molecule has 0 aliphatic carbocycles. The zero-order valence-electron chi connectivity index (χ0n) is 11.2. The summed E-state index contributed by atoms with van der Waals surface area (Å²) in [5.41, 5.74) is 0.764. The van der Waals surface area contributed by atoms with Crippen LogP contribution in [-0.4, -0.2) is 29.3 Å². The van der Waals surface area contributed by atoms with Crippen molar-refractivity contribution in [3.05, 3.63) is 33.8 Å². The second kappa shape index (κ2) is 6.46. The maximum atomic E-state index is 12.1. The van der Waals surface area contributed by atoms with E-state index in [0.717, 1.165) is 5.56 Å². The number of carbonyl (C=O) groups excluding carboxylic acids is 2. The van der Waals surface area contributed by atoms with Crippen molar-refractivity contribution in [3.63, 3.8) is 0 Å². The van der Waals surface area contributed by atoms with Crippen LogP contribution in [0.3, 0.4) is 0 Å². The molecule has 0 aromatic heterocycles. The number of benzene rings is 1. The Kier molecular flexibility index (Phi) is 4.89. The van der Waals surface area contributed by atoms with Gasteiger partial charge in [-0.1, -0.05) is 35.3 Å². The predicted octanol–water partition coefficient (Wildman–Crippen LogP) is 2.62. The number of nitrogens with zero attached hydrogens (tertiary/aromatic N) is 1. The quantitative estimate of drug-likeness (QED) is 0.928. The summed E-state index contributed by atoms with van der Waals surface area (Å²) in [5, 5.41) is 3.73. The van der Waals surface area contributed by atoms with Gasteiger partial charge in [-0.05, 0) is 25.0 Å². The molecule has 1 aromatic rings. The Morgan fingerprint density at radius 3 is 2.90 bits per heavy atom. The van der Waals surface area contributed by atoms with Crippen LogP contribution in [0.5, 0.6) is 0 Å². The third-order valence-electron chi connectivity index (χ3n) is 3.46. The molecule has 1 atom stereocenters. The van der Waals surface area contributed by atoms with Gasteiger partial charge in [0.25, 0.3) is 0 Å². The molecular formula is C14H16Cl2N2O2. The molecule has 2 rings (SSSR count). The summed E-state index contributed by atoms with van der Waals surface area (Å²) in [4.78, 5) is 25.4. The van der Waals surface area contributed by atoms with Crippen LogP contribution in [0, 0.1) is 0 Å². The molecule has 0 spiro atoms. The van der Waals surface area contributed by atoms with Crippen molar-refractivity contribution in [3.8, 4) is 0 Å². The van der Waals surface area contributed by atoms with E-state index in [2.05, 4.69) is 5.32 Å². The van der Waals surface area contributed by atoms with Crippen LogP contribution in [0.1, 0.15) is 25.3 Å². The molecule has 108 valence electrons. The van der Waals surface area contributed by atoms with Gasteiger partial charge in [-0.3, -0.25) is 9.59 Å². The summed E-state index contributed by atoms with van der Waals surface area (Å²) in [5.74, 6) is -0.109. The topological polar surface area (TPSA) is 49.4 Å². The first-order valence-electron chi connectivity index (χ1n) is 6.54. The molecule has 4 nitrogen and oxygen atoms in total. The number of rotatable bonds is 4. The number of halogens is 2. The van der Waals surface area contributed by atoms with E-state index in [1.54, 1.807) is 17.0 Å². The Labute approximate surface area is 128 Å². The highest BCUT2D eigenvalue weighted by Crippen LogP contribution is 2.25.